The van der Waals surface area contributed by atoms with Gasteiger partial charge in [-0.05, 0) is 29.8 Å². The number of nitrogens with zero attached hydrogens (tertiary/aromatic N) is 2. The van der Waals surface area contributed by atoms with E-state index in [-0.39, 0.29) is 11.8 Å². The summed E-state index contributed by atoms with van der Waals surface area (Å²) in [6, 6.07) is 16.9. The number of amides is 2. The summed E-state index contributed by atoms with van der Waals surface area (Å²) in [6.07, 6.45) is 1.40. The van der Waals surface area contributed by atoms with Crippen LogP contribution in [0.1, 0.15) is 5.56 Å². The average molecular weight is 371 g/mol. The number of anilines is 1. The Bertz CT molecular complexity index is 769. The van der Waals surface area contributed by atoms with Gasteiger partial charge in [0.2, 0.25) is 0 Å². The van der Waals surface area contributed by atoms with Gasteiger partial charge in [0.25, 0.3) is 11.8 Å². The monoisotopic (exact) mass is 370 g/mol. The van der Waals surface area contributed by atoms with Gasteiger partial charge in [-0.1, -0.05) is 46.3 Å². The molecule has 0 aromatic heterocycles. The number of hydrogen-bond donors (Lipinski definition) is 0. The quantitative estimate of drug-likeness (QED) is 0.775. The molecule has 1 heterocycles. The SMILES string of the molecule is CN(Cc1ccccc1)C1=CC(=O)N(c2ccc(Br)cc2)C1=O. The molecule has 0 aliphatic carbocycles. The first kappa shape index (κ1) is 15.5. The smallest absolute Gasteiger partial charge is 0.281 e. The third-order valence-corrected chi connectivity index (χ3v) is 4.19. The fourth-order valence-electron chi connectivity index (χ4n) is 2.51. The Kier molecular flexibility index (Phi) is 4.30. The van der Waals surface area contributed by atoms with Crippen molar-refractivity contribution in [1.82, 2.24) is 4.90 Å². The molecule has 0 atom stereocenters. The van der Waals surface area contributed by atoms with Crippen molar-refractivity contribution in [2.24, 2.45) is 0 Å². The molecule has 5 heteroatoms. The molecular weight excluding hydrogens is 356 g/mol. The van der Waals surface area contributed by atoms with Gasteiger partial charge < -0.3 is 4.90 Å². The van der Waals surface area contributed by atoms with E-state index in [4.69, 9.17) is 0 Å². The number of hydrogen-bond acceptors (Lipinski definition) is 3. The van der Waals surface area contributed by atoms with Crippen LogP contribution in [0.3, 0.4) is 0 Å². The zero-order chi connectivity index (χ0) is 16.4. The minimum absolute atomic E-state index is 0.296. The van der Waals surface area contributed by atoms with Gasteiger partial charge in [-0.3, -0.25) is 9.59 Å². The molecule has 0 unspecified atom stereocenters. The van der Waals surface area contributed by atoms with E-state index in [1.807, 2.05) is 49.5 Å². The lowest BCUT2D eigenvalue weighted by Crippen LogP contribution is -2.33. The molecular formula is C18H15BrN2O2. The predicted octanol–water partition coefficient (Wildman–Crippen LogP) is 3.34. The van der Waals surface area contributed by atoms with Gasteiger partial charge >= 0.3 is 0 Å². The highest BCUT2D eigenvalue weighted by atomic mass is 79.9. The van der Waals surface area contributed by atoms with Crippen LogP contribution in [0.15, 0.2) is 70.8 Å². The van der Waals surface area contributed by atoms with Gasteiger partial charge in [-0.15, -0.1) is 0 Å². The summed E-state index contributed by atoms with van der Waals surface area (Å²) in [7, 11) is 1.81. The summed E-state index contributed by atoms with van der Waals surface area (Å²) >= 11 is 3.35. The summed E-state index contributed by atoms with van der Waals surface area (Å²) in [6.45, 7) is 0.569. The van der Waals surface area contributed by atoms with Crippen LogP contribution in [0.25, 0.3) is 0 Å². The number of imide groups is 1. The molecule has 0 saturated carbocycles. The van der Waals surface area contributed by atoms with Crippen molar-refractivity contribution < 1.29 is 9.59 Å². The Morgan fingerprint density at radius 3 is 2.30 bits per heavy atom. The maximum Gasteiger partial charge on any atom is 0.281 e. The van der Waals surface area contributed by atoms with E-state index in [2.05, 4.69) is 15.9 Å². The minimum Gasteiger partial charge on any atom is -0.366 e. The number of carbonyl (C=O) groups excluding carboxylic acids is 2. The second-order valence-electron chi connectivity index (χ2n) is 5.33. The van der Waals surface area contributed by atoms with Crippen LogP contribution in [-0.4, -0.2) is 23.8 Å². The van der Waals surface area contributed by atoms with E-state index in [9.17, 15) is 9.59 Å². The van der Waals surface area contributed by atoms with E-state index in [1.165, 1.54) is 11.0 Å². The zero-order valence-electron chi connectivity index (χ0n) is 12.6. The van der Waals surface area contributed by atoms with E-state index in [1.54, 1.807) is 17.0 Å². The number of likely N-dealkylation sites (N-methyl/N-ethyl adjacent to an activating group) is 1. The largest absolute Gasteiger partial charge is 0.366 e. The number of benzene rings is 2. The fourth-order valence-corrected chi connectivity index (χ4v) is 2.77. The molecule has 2 aromatic rings. The molecule has 1 aliphatic rings. The zero-order valence-corrected chi connectivity index (χ0v) is 14.2. The number of rotatable bonds is 4. The molecule has 0 N–H and O–H groups in total. The molecule has 0 saturated heterocycles. The van der Waals surface area contributed by atoms with E-state index in [0.717, 1.165) is 10.0 Å². The maximum atomic E-state index is 12.6. The second-order valence-corrected chi connectivity index (χ2v) is 6.24. The minimum atomic E-state index is -0.313. The predicted molar refractivity (Wildman–Crippen MR) is 92.6 cm³/mol. The van der Waals surface area contributed by atoms with Crippen LogP contribution in [0.2, 0.25) is 0 Å². The first-order chi connectivity index (χ1) is 11.1. The van der Waals surface area contributed by atoms with Crippen molar-refractivity contribution in [3.63, 3.8) is 0 Å². The first-order valence-electron chi connectivity index (χ1n) is 7.17. The second kappa shape index (κ2) is 6.38. The molecule has 116 valence electrons. The van der Waals surface area contributed by atoms with Gasteiger partial charge in [0, 0.05) is 24.1 Å². The molecule has 0 fully saturated rings. The molecule has 2 aromatic carbocycles. The van der Waals surface area contributed by atoms with Crippen LogP contribution in [0.5, 0.6) is 0 Å². The Morgan fingerprint density at radius 2 is 1.65 bits per heavy atom. The van der Waals surface area contributed by atoms with Crippen LogP contribution in [-0.2, 0) is 16.1 Å². The standard InChI is InChI=1S/C18H15BrN2O2/c1-20(12-13-5-3-2-4-6-13)16-11-17(22)21(18(16)23)15-9-7-14(19)8-10-15/h2-11H,12H2,1H3. The third kappa shape index (κ3) is 3.19. The number of carbonyl (C=O) groups is 2. The van der Waals surface area contributed by atoms with Gasteiger partial charge in [0.15, 0.2) is 0 Å². The molecule has 0 bridgehead atoms. The summed E-state index contributed by atoms with van der Waals surface area (Å²) in [4.78, 5) is 27.8. The first-order valence-corrected chi connectivity index (χ1v) is 7.96. The molecule has 23 heavy (non-hydrogen) atoms. The summed E-state index contributed by atoms with van der Waals surface area (Å²) in [5, 5.41) is 0. The molecule has 0 spiro atoms. The van der Waals surface area contributed by atoms with Crippen molar-refractivity contribution in [1.29, 1.82) is 0 Å². The topological polar surface area (TPSA) is 40.6 Å². The van der Waals surface area contributed by atoms with Gasteiger partial charge in [-0.2, -0.15) is 0 Å². The van der Waals surface area contributed by atoms with Crippen molar-refractivity contribution in [2.45, 2.75) is 6.54 Å². The molecule has 4 nitrogen and oxygen atoms in total. The fraction of sp³-hybridized carbons (Fsp3) is 0.111. The lowest BCUT2D eigenvalue weighted by molar-refractivity contribution is -0.120. The Labute approximate surface area is 143 Å². The highest BCUT2D eigenvalue weighted by molar-refractivity contribution is 9.10. The van der Waals surface area contributed by atoms with Gasteiger partial charge in [0.1, 0.15) is 5.70 Å². The Hall–Kier alpha value is -2.40. The third-order valence-electron chi connectivity index (χ3n) is 3.66. The molecule has 3 rings (SSSR count). The normalized spacial score (nSPS) is 14.2. The highest BCUT2D eigenvalue weighted by Gasteiger charge is 2.34. The highest BCUT2D eigenvalue weighted by Crippen LogP contribution is 2.26. The lowest BCUT2D eigenvalue weighted by Gasteiger charge is -2.21. The number of halogens is 1. The maximum absolute atomic E-state index is 12.6. The van der Waals surface area contributed by atoms with Crippen LogP contribution in [0, 0.1) is 0 Å². The molecule has 1 aliphatic heterocycles. The van der Waals surface area contributed by atoms with E-state index >= 15 is 0 Å². The van der Waals surface area contributed by atoms with E-state index in [0.29, 0.717) is 17.9 Å². The lowest BCUT2D eigenvalue weighted by atomic mass is 10.2. The summed E-state index contributed by atoms with van der Waals surface area (Å²) in [5.41, 5.74) is 2.06. The van der Waals surface area contributed by atoms with Crippen LogP contribution < -0.4 is 4.90 Å². The Balaban J connectivity index is 1.79. The molecule has 0 radical (unpaired) electrons. The molecule has 2 amide bonds. The van der Waals surface area contributed by atoms with Crippen molar-refractivity contribution in [3.8, 4) is 0 Å². The van der Waals surface area contributed by atoms with Crippen LogP contribution in [0.4, 0.5) is 5.69 Å². The Morgan fingerprint density at radius 1 is 1.00 bits per heavy atom. The van der Waals surface area contributed by atoms with Crippen molar-refractivity contribution in [3.05, 3.63) is 76.4 Å². The average Bonchev–Trinajstić information content (AvgIpc) is 2.84. The summed E-state index contributed by atoms with van der Waals surface area (Å²) < 4.78 is 0.898. The van der Waals surface area contributed by atoms with E-state index < -0.39 is 0 Å². The van der Waals surface area contributed by atoms with Gasteiger partial charge in [0.05, 0.1) is 5.69 Å². The van der Waals surface area contributed by atoms with Crippen molar-refractivity contribution in [2.75, 3.05) is 11.9 Å². The van der Waals surface area contributed by atoms with Crippen molar-refractivity contribution >= 4 is 33.4 Å². The van der Waals surface area contributed by atoms with Crippen LogP contribution >= 0.6 is 15.9 Å². The summed E-state index contributed by atoms with van der Waals surface area (Å²) in [5.74, 6) is -0.608. The van der Waals surface area contributed by atoms with Gasteiger partial charge in [-0.25, -0.2) is 4.90 Å².